The molecule has 5 aliphatic rings. The lowest BCUT2D eigenvalue weighted by Gasteiger charge is -2.26. The number of benzene rings is 2. The highest BCUT2D eigenvalue weighted by molar-refractivity contribution is 6.01. The normalized spacial score (nSPS) is 25.0. The molecule has 5 heterocycles. The second kappa shape index (κ2) is 10.5. The number of nitrogens with one attached hydrogen (secondary N) is 2. The highest BCUT2D eigenvalue weighted by atomic mass is 19.1. The van der Waals surface area contributed by atoms with Gasteiger partial charge < -0.3 is 29.9 Å². The summed E-state index contributed by atoms with van der Waals surface area (Å²) in [5.41, 5.74) is 3.90. The number of likely N-dealkylation sites (tertiary alicyclic amines) is 1. The first-order valence-electron chi connectivity index (χ1n) is 14.1. The first-order chi connectivity index (χ1) is 20.4. The van der Waals surface area contributed by atoms with Crippen LogP contribution >= 0.6 is 0 Å². The van der Waals surface area contributed by atoms with Crippen LogP contribution in [0.2, 0.25) is 0 Å². The van der Waals surface area contributed by atoms with E-state index in [1.165, 1.54) is 21.9 Å². The summed E-state index contributed by atoms with van der Waals surface area (Å²) < 4.78 is 25.1. The van der Waals surface area contributed by atoms with E-state index in [0.717, 1.165) is 22.4 Å². The van der Waals surface area contributed by atoms with E-state index >= 15 is 0 Å². The molecule has 216 valence electrons. The van der Waals surface area contributed by atoms with E-state index < -0.39 is 11.8 Å². The zero-order valence-corrected chi connectivity index (χ0v) is 22.8. The topological polar surface area (TPSA) is 113 Å². The van der Waals surface area contributed by atoms with Gasteiger partial charge in [0.2, 0.25) is 11.8 Å². The largest absolute Gasteiger partial charge is 0.380 e. The fourth-order valence-electron chi connectivity index (χ4n) is 6.33. The number of carbonyl (C=O) groups excluding carboxylic acids is 3. The molecular formula is C31H30FN5O5. The molecule has 3 amide bonds. The van der Waals surface area contributed by atoms with Crippen molar-refractivity contribution in [2.24, 2.45) is 10.9 Å². The highest BCUT2D eigenvalue weighted by Gasteiger charge is 2.52. The number of hydrogen-bond donors (Lipinski definition) is 2. The molecule has 3 atom stereocenters. The summed E-state index contributed by atoms with van der Waals surface area (Å²) in [6.07, 6.45) is 7.85. The lowest BCUT2D eigenvalue weighted by Crippen LogP contribution is -2.49. The van der Waals surface area contributed by atoms with Crippen molar-refractivity contribution >= 4 is 23.9 Å². The molecule has 2 saturated heterocycles. The van der Waals surface area contributed by atoms with Gasteiger partial charge in [0.25, 0.3) is 5.91 Å². The summed E-state index contributed by atoms with van der Waals surface area (Å²) in [6.45, 7) is 1.26. The van der Waals surface area contributed by atoms with Gasteiger partial charge in [0.15, 0.2) is 5.79 Å². The summed E-state index contributed by atoms with van der Waals surface area (Å²) in [4.78, 5) is 47.4. The van der Waals surface area contributed by atoms with Gasteiger partial charge in [0, 0.05) is 42.6 Å². The molecule has 2 aromatic carbocycles. The fourth-order valence-corrected chi connectivity index (χ4v) is 6.33. The molecule has 0 saturated carbocycles. The Morgan fingerprint density at radius 3 is 2.69 bits per heavy atom. The molecule has 2 fully saturated rings. The van der Waals surface area contributed by atoms with E-state index in [4.69, 9.17) is 9.47 Å². The summed E-state index contributed by atoms with van der Waals surface area (Å²) in [5.74, 6) is -2.10. The van der Waals surface area contributed by atoms with Crippen molar-refractivity contribution in [2.75, 3.05) is 32.8 Å². The van der Waals surface area contributed by atoms with Crippen molar-refractivity contribution in [2.45, 2.75) is 30.8 Å². The number of carbonyl (C=O) groups is 3. The maximum Gasteiger partial charge on any atom is 0.254 e. The van der Waals surface area contributed by atoms with Crippen molar-refractivity contribution in [3.8, 4) is 11.1 Å². The first-order valence-corrected chi connectivity index (χ1v) is 14.1. The minimum absolute atomic E-state index is 0.111. The number of ether oxygens (including phenoxy) is 2. The third-order valence-electron chi connectivity index (χ3n) is 8.47. The number of aliphatic imine (C=N–C) groups is 1. The third kappa shape index (κ3) is 4.88. The molecule has 0 bridgehead atoms. The molecular weight excluding hydrogens is 541 g/mol. The Kier molecular flexibility index (Phi) is 6.63. The second-order valence-corrected chi connectivity index (χ2v) is 11.2. The van der Waals surface area contributed by atoms with E-state index in [2.05, 4.69) is 15.6 Å². The Labute approximate surface area is 241 Å². The number of rotatable bonds is 6. The van der Waals surface area contributed by atoms with Crippen LogP contribution in [-0.2, 0) is 25.6 Å². The molecule has 1 spiro atoms. The summed E-state index contributed by atoms with van der Waals surface area (Å²) >= 11 is 0. The molecule has 0 aliphatic carbocycles. The van der Waals surface area contributed by atoms with Gasteiger partial charge in [-0.15, -0.1) is 0 Å². The molecule has 0 aromatic heterocycles. The molecule has 3 unspecified atom stereocenters. The Hall–Kier alpha value is -4.35. The van der Waals surface area contributed by atoms with Gasteiger partial charge in [-0.3, -0.25) is 19.4 Å². The van der Waals surface area contributed by atoms with Gasteiger partial charge >= 0.3 is 0 Å². The van der Waals surface area contributed by atoms with E-state index in [0.29, 0.717) is 18.8 Å². The molecule has 2 aromatic rings. The Morgan fingerprint density at radius 2 is 1.90 bits per heavy atom. The van der Waals surface area contributed by atoms with Gasteiger partial charge in [0.05, 0.1) is 32.3 Å². The van der Waals surface area contributed by atoms with Crippen molar-refractivity contribution in [3.05, 3.63) is 83.5 Å². The highest BCUT2D eigenvalue weighted by Crippen LogP contribution is 2.36. The zero-order valence-electron chi connectivity index (χ0n) is 22.8. The number of hydrogen-bond acceptors (Lipinski definition) is 7. The SMILES string of the molecule is O=C(NCC1=CC2C=NC=CC2N1)C1CC2(CN1C(=O)CN1Cc3cc(-c4ccc(F)cc4)ccc3C1=O)OCCO2. The van der Waals surface area contributed by atoms with Crippen molar-refractivity contribution in [1.29, 1.82) is 0 Å². The lowest BCUT2D eigenvalue weighted by molar-refractivity contribution is -0.152. The summed E-state index contributed by atoms with van der Waals surface area (Å²) in [6, 6.07) is 10.9. The van der Waals surface area contributed by atoms with Crippen LogP contribution in [0.5, 0.6) is 0 Å². The smallest absolute Gasteiger partial charge is 0.254 e. The monoisotopic (exact) mass is 571 g/mol. The Morgan fingerprint density at radius 1 is 1.12 bits per heavy atom. The minimum atomic E-state index is -1.03. The van der Waals surface area contributed by atoms with Gasteiger partial charge in [0.1, 0.15) is 18.4 Å². The average molecular weight is 572 g/mol. The maximum absolute atomic E-state index is 13.7. The van der Waals surface area contributed by atoms with E-state index in [-0.39, 0.29) is 68.1 Å². The predicted molar refractivity (Wildman–Crippen MR) is 150 cm³/mol. The van der Waals surface area contributed by atoms with Crippen LogP contribution in [0.1, 0.15) is 22.3 Å². The van der Waals surface area contributed by atoms with E-state index in [9.17, 15) is 18.8 Å². The van der Waals surface area contributed by atoms with Gasteiger partial charge in [-0.2, -0.15) is 0 Å². The Bertz CT molecular complexity index is 1530. The van der Waals surface area contributed by atoms with Crippen LogP contribution in [0.15, 0.2) is 71.5 Å². The van der Waals surface area contributed by atoms with Crippen LogP contribution in [0.25, 0.3) is 11.1 Å². The maximum atomic E-state index is 13.7. The predicted octanol–water partition coefficient (Wildman–Crippen LogP) is 1.98. The molecule has 7 rings (SSSR count). The molecule has 5 aliphatic heterocycles. The molecule has 11 heteroatoms. The second-order valence-electron chi connectivity index (χ2n) is 11.2. The average Bonchev–Trinajstić information content (AvgIpc) is 3.78. The standard InChI is InChI=1S/C31H30FN5O5/c32-23-4-1-19(2-5-23)20-3-6-25-22(11-20)16-36(30(25)40)17-28(38)37-18-31(41-9-10-42-31)13-27(37)29(39)34-15-24-12-21-14-33-8-7-26(21)35-24/h1-8,11-12,14,21,26-27,35H,9-10,13,15-18H2,(H,34,39). The van der Waals surface area contributed by atoms with Crippen LogP contribution in [-0.4, -0.2) is 84.5 Å². The number of nitrogens with zero attached hydrogens (tertiary/aromatic N) is 3. The molecule has 0 radical (unpaired) electrons. The van der Waals surface area contributed by atoms with Crippen LogP contribution in [0.4, 0.5) is 4.39 Å². The Balaban J connectivity index is 1.03. The number of fused-ring (bicyclic) bond motifs is 2. The lowest BCUT2D eigenvalue weighted by atomic mass is 10.0. The zero-order chi connectivity index (χ0) is 28.8. The van der Waals surface area contributed by atoms with Gasteiger partial charge in [-0.05, 0) is 47.0 Å². The molecule has 10 nitrogen and oxygen atoms in total. The number of amides is 3. The molecule has 42 heavy (non-hydrogen) atoms. The van der Waals surface area contributed by atoms with Crippen LogP contribution in [0.3, 0.4) is 0 Å². The summed E-state index contributed by atoms with van der Waals surface area (Å²) in [7, 11) is 0. The summed E-state index contributed by atoms with van der Waals surface area (Å²) in [5, 5.41) is 6.34. The molecule has 2 N–H and O–H groups in total. The van der Waals surface area contributed by atoms with Crippen molar-refractivity contribution in [3.63, 3.8) is 0 Å². The fraction of sp³-hybridized carbons (Fsp3) is 0.355. The minimum Gasteiger partial charge on any atom is -0.380 e. The number of halogens is 1. The van der Waals surface area contributed by atoms with Gasteiger partial charge in [-0.1, -0.05) is 24.3 Å². The van der Waals surface area contributed by atoms with E-state index in [1.807, 2.05) is 30.5 Å². The van der Waals surface area contributed by atoms with E-state index in [1.54, 1.807) is 24.4 Å². The first kappa shape index (κ1) is 26.5. The third-order valence-corrected chi connectivity index (χ3v) is 8.47. The van der Waals surface area contributed by atoms with Crippen molar-refractivity contribution < 1.29 is 28.2 Å². The van der Waals surface area contributed by atoms with Crippen LogP contribution in [0, 0.1) is 11.7 Å². The van der Waals surface area contributed by atoms with Crippen molar-refractivity contribution in [1.82, 2.24) is 20.4 Å². The van der Waals surface area contributed by atoms with Gasteiger partial charge in [-0.25, -0.2) is 4.39 Å². The van der Waals surface area contributed by atoms with Crippen LogP contribution < -0.4 is 10.6 Å². The quantitative estimate of drug-likeness (QED) is 0.549.